The second-order valence-electron chi connectivity index (χ2n) is 17.6. The van der Waals surface area contributed by atoms with Gasteiger partial charge in [-0.1, -0.05) is 259 Å². The number of unbranched alkanes of at least 4 members (excludes halogenated alkanes) is 36. The summed E-state index contributed by atoms with van der Waals surface area (Å²) < 4.78 is 138. The maximum atomic E-state index is 10.1. The fraction of sp³-hybridized carbons (Fsp3) is 1.00. The van der Waals surface area contributed by atoms with Gasteiger partial charge in [0, 0.05) is 0 Å². The standard InChI is InChI=1S/4C12H26O4S.Fe.H3N/c4*1-2-3-4-5-6-7-8-9-10-11-12-16-17(13,14)15;;/h4*2-12H2,1H3,(H,13,14,15);;1H3/q;;;;+3;/p-3. The Kier molecular flexibility index (Phi) is 71.5. The van der Waals surface area contributed by atoms with Crippen LogP contribution in [0, 0.1) is 0 Å². The van der Waals surface area contributed by atoms with Gasteiger partial charge in [0.25, 0.3) is 0 Å². The number of rotatable bonds is 48. The molecule has 0 heterocycles. The van der Waals surface area contributed by atoms with Gasteiger partial charge in [-0.3, -0.25) is 16.7 Å². The third kappa shape index (κ3) is 97.3. The van der Waals surface area contributed by atoms with E-state index in [1.807, 2.05) is 0 Å². The predicted octanol–water partition coefficient (Wildman–Crippen LogP) is 13.9. The van der Waals surface area contributed by atoms with Crippen LogP contribution in [-0.2, 0) is 75.4 Å². The normalized spacial score (nSPS) is 11.5. The van der Waals surface area contributed by atoms with Gasteiger partial charge in [-0.05, 0) is 25.7 Å². The Hall–Kier alpha value is -0.0405. The molecule has 0 amide bonds. The summed E-state index contributed by atoms with van der Waals surface area (Å²) in [5.41, 5.74) is 0. The smallest absolute Gasteiger partial charge is 0.726 e. The molecule has 0 saturated carbocycles. The van der Waals surface area contributed by atoms with Gasteiger partial charge in [-0.15, -0.1) is 0 Å². The molecule has 0 fully saturated rings. The summed E-state index contributed by atoms with van der Waals surface area (Å²) in [5.74, 6) is 0. The van der Waals surface area contributed by atoms with E-state index in [9.17, 15) is 51.9 Å². The van der Waals surface area contributed by atoms with E-state index in [1.165, 1.54) is 180 Å². The molecule has 0 bridgehead atoms. The molecule has 0 aromatic carbocycles. The molecule has 17 nitrogen and oxygen atoms in total. The van der Waals surface area contributed by atoms with Crippen molar-refractivity contribution in [2.45, 2.75) is 285 Å². The van der Waals surface area contributed by atoms with E-state index in [0.717, 1.165) is 51.4 Å². The third-order valence-corrected chi connectivity index (χ3v) is 12.7. The van der Waals surface area contributed by atoms with E-state index in [1.54, 1.807) is 0 Å². The SMILES string of the molecule is CCCCCCCCCCCCOS(=O)(=O)[O-].CCCCCCCCCCCCOS(=O)(=O)[O-].CCCCCCCCCCCCOS(=O)(=O)[O-].CCCCCCCCCCCCOS(=O)(=O)[O-].[Fe+3].[NH4+]. The summed E-state index contributed by atoms with van der Waals surface area (Å²) >= 11 is 0. The monoisotopic (exact) mass is 1130 g/mol. The molecule has 0 rings (SSSR count). The average molecular weight is 1140 g/mol. The first kappa shape index (κ1) is 81.3. The molecule has 429 valence electrons. The topological polar surface area (TPSA) is 302 Å². The zero-order chi connectivity index (χ0) is 51.9. The fourth-order valence-corrected chi connectivity index (χ4v) is 8.29. The number of quaternary nitrogens is 1. The maximum absolute atomic E-state index is 10.1. The molecule has 1 radical (unpaired) electrons. The Labute approximate surface area is 441 Å². The Morgan fingerprint density at radius 3 is 0.429 bits per heavy atom. The molecule has 0 aliphatic carbocycles. The average Bonchev–Trinajstić information content (AvgIpc) is 3.25. The summed E-state index contributed by atoms with van der Waals surface area (Å²) in [6.45, 7) is 8.97. The van der Waals surface area contributed by atoms with Gasteiger partial charge in [0.2, 0.25) is 41.6 Å². The molecule has 0 spiro atoms. The Morgan fingerprint density at radius 1 is 0.229 bits per heavy atom. The second kappa shape index (κ2) is 61.5. The molecule has 22 heteroatoms. The quantitative estimate of drug-likeness (QED) is 0.0256. The molecular weight excluding hydrogens is 1030 g/mol. The molecule has 0 aliphatic rings. The van der Waals surface area contributed by atoms with E-state index in [0.29, 0.717) is 25.7 Å². The minimum Gasteiger partial charge on any atom is -0.726 e. The predicted molar refractivity (Wildman–Crippen MR) is 276 cm³/mol. The molecule has 4 N–H and O–H groups in total. The van der Waals surface area contributed by atoms with Crippen molar-refractivity contribution in [2.75, 3.05) is 26.4 Å². The van der Waals surface area contributed by atoms with Gasteiger partial charge in [0.1, 0.15) is 0 Å². The van der Waals surface area contributed by atoms with E-state index < -0.39 is 41.6 Å². The molecule has 0 unspecified atom stereocenters. The maximum Gasteiger partial charge on any atom is 3.00 e. The van der Waals surface area contributed by atoms with Gasteiger partial charge in [0.05, 0.1) is 26.4 Å². The van der Waals surface area contributed by atoms with Crippen LogP contribution >= 0.6 is 0 Å². The Bertz CT molecular complexity index is 1230. The summed E-state index contributed by atoms with van der Waals surface area (Å²) in [5, 5.41) is 0. The molecule has 0 saturated heterocycles. The van der Waals surface area contributed by atoms with Crippen LogP contribution in [0.4, 0.5) is 0 Å². The summed E-state index contributed by atoms with van der Waals surface area (Å²) in [4.78, 5) is 0. The van der Waals surface area contributed by atoms with Crippen molar-refractivity contribution in [1.82, 2.24) is 6.15 Å². The minimum atomic E-state index is -4.48. The van der Waals surface area contributed by atoms with Crippen LogP contribution < -0.4 is 6.15 Å². The molecule has 0 aliphatic heterocycles. The molecule has 0 aromatic rings. The number of hydrogen-bond acceptors (Lipinski definition) is 16. The molecule has 0 atom stereocenters. The summed E-state index contributed by atoms with van der Waals surface area (Å²) in [7, 11) is -17.9. The van der Waals surface area contributed by atoms with Crippen molar-refractivity contribution >= 4 is 41.6 Å². The van der Waals surface area contributed by atoms with Crippen LogP contribution in [0.1, 0.15) is 285 Å². The van der Waals surface area contributed by atoms with Crippen LogP contribution in [0.5, 0.6) is 0 Å². The Balaban J connectivity index is -0.000000193. The summed E-state index contributed by atoms with van der Waals surface area (Å²) in [6, 6.07) is 0. The van der Waals surface area contributed by atoms with E-state index in [-0.39, 0.29) is 49.6 Å². The van der Waals surface area contributed by atoms with E-state index in [4.69, 9.17) is 0 Å². The van der Waals surface area contributed by atoms with E-state index >= 15 is 0 Å². The van der Waals surface area contributed by atoms with Crippen LogP contribution in [0.25, 0.3) is 0 Å². The van der Waals surface area contributed by atoms with Crippen LogP contribution in [-0.4, -0.2) is 78.3 Å². The van der Waals surface area contributed by atoms with Gasteiger partial charge in [-0.2, -0.15) is 0 Å². The number of hydrogen-bond donors (Lipinski definition) is 1. The first-order valence-electron chi connectivity index (χ1n) is 26.6. The van der Waals surface area contributed by atoms with Gasteiger partial charge < -0.3 is 24.4 Å². The minimum absolute atomic E-state index is 0. The third-order valence-electron chi connectivity index (χ3n) is 10.9. The molecular formula is C48H104FeNO16S4. The van der Waals surface area contributed by atoms with Gasteiger partial charge >= 0.3 is 17.1 Å². The summed E-state index contributed by atoms with van der Waals surface area (Å²) in [6.07, 6.45) is 46.8. The van der Waals surface area contributed by atoms with Gasteiger partial charge in [-0.25, -0.2) is 33.7 Å². The molecule has 0 aromatic heterocycles. The van der Waals surface area contributed by atoms with Crippen LogP contribution in [0.3, 0.4) is 0 Å². The van der Waals surface area contributed by atoms with Crippen LogP contribution in [0.2, 0.25) is 0 Å². The van der Waals surface area contributed by atoms with Crippen molar-refractivity contribution in [2.24, 2.45) is 0 Å². The van der Waals surface area contributed by atoms with Crippen molar-refractivity contribution in [1.29, 1.82) is 0 Å². The van der Waals surface area contributed by atoms with Crippen molar-refractivity contribution in [3.05, 3.63) is 0 Å². The zero-order valence-corrected chi connectivity index (χ0v) is 49.0. The largest absolute Gasteiger partial charge is 3.00 e. The van der Waals surface area contributed by atoms with Crippen LogP contribution in [0.15, 0.2) is 0 Å². The Morgan fingerprint density at radius 2 is 0.329 bits per heavy atom. The van der Waals surface area contributed by atoms with E-state index in [2.05, 4.69) is 44.4 Å². The van der Waals surface area contributed by atoms with Gasteiger partial charge in [0.15, 0.2) is 0 Å². The van der Waals surface area contributed by atoms with Crippen molar-refractivity contribution in [3.8, 4) is 0 Å². The fourth-order valence-electron chi connectivity index (χ4n) is 7.00. The van der Waals surface area contributed by atoms with Crippen molar-refractivity contribution < 1.29 is 85.7 Å². The zero-order valence-electron chi connectivity index (χ0n) is 44.6. The first-order chi connectivity index (χ1) is 32.2. The second-order valence-corrected chi connectivity index (χ2v) is 21.9. The van der Waals surface area contributed by atoms with Crippen molar-refractivity contribution in [3.63, 3.8) is 0 Å². The first-order valence-corrected chi connectivity index (χ1v) is 32.0. The molecule has 70 heavy (non-hydrogen) atoms.